The summed E-state index contributed by atoms with van der Waals surface area (Å²) in [5, 5.41) is 25.3. The minimum atomic E-state index is -0.461. The van der Waals surface area contributed by atoms with Crippen molar-refractivity contribution in [1.82, 2.24) is 10.2 Å². The molecular formula is C17H25N3O3. The lowest BCUT2D eigenvalue weighted by Crippen LogP contribution is -2.46. The molecule has 1 atom stereocenters. The van der Waals surface area contributed by atoms with Crippen LogP contribution in [0.5, 0.6) is 5.75 Å². The van der Waals surface area contributed by atoms with Crippen molar-refractivity contribution >= 4 is 5.69 Å². The molecule has 126 valence electrons. The number of benzene rings is 1. The molecule has 0 amide bonds. The van der Waals surface area contributed by atoms with Crippen molar-refractivity contribution in [3.8, 4) is 5.75 Å². The lowest BCUT2D eigenvalue weighted by Gasteiger charge is -2.38. The highest BCUT2D eigenvalue weighted by Gasteiger charge is 2.35. The van der Waals surface area contributed by atoms with Crippen LogP contribution < -0.4 is 5.32 Å². The van der Waals surface area contributed by atoms with Gasteiger partial charge in [-0.25, -0.2) is 0 Å². The first-order valence-electron chi connectivity index (χ1n) is 8.51. The number of nitro groups is 1. The third-order valence-corrected chi connectivity index (χ3v) is 5.28. The fourth-order valence-corrected chi connectivity index (χ4v) is 4.15. The van der Waals surface area contributed by atoms with Gasteiger partial charge in [0.05, 0.1) is 4.92 Å². The van der Waals surface area contributed by atoms with Gasteiger partial charge in [0.15, 0.2) is 5.75 Å². The first-order valence-corrected chi connectivity index (χ1v) is 8.51. The zero-order chi connectivity index (χ0) is 16.4. The lowest BCUT2D eigenvalue weighted by atomic mass is 9.88. The Morgan fingerprint density at radius 2 is 1.96 bits per heavy atom. The zero-order valence-electron chi connectivity index (χ0n) is 13.6. The Kier molecular flexibility index (Phi) is 4.82. The van der Waals surface area contributed by atoms with E-state index in [1.54, 1.807) is 13.0 Å². The highest BCUT2D eigenvalue weighted by atomic mass is 16.6. The van der Waals surface area contributed by atoms with Gasteiger partial charge < -0.3 is 10.4 Å². The summed E-state index contributed by atoms with van der Waals surface area (Å²) in [7, 11) is 0. The number of hydrogen-bond donors (Lipinski definition) is 2. The number of aromatic hydroxyl groups is 1. The molecule has 2 fully saturated rings. The largest absolute Gasteiger partial charge is 0.502 e. The van der Waals surface area contributed by atoms with E-state index in [0.717, 1.165) is 44.6 Å². The van der Waals surface area contributed by atoms with Crippen molar-refractivity contribution in [2.75, 3.05) is 26.2 Å². The Morgan fingerprint density at radius 3 is 2.57 bits per heavy atom. The molecule has 0 aromatic heterocycles. The van der Waals surface area contributed by atoms with Gasteiger partial charge in [0.1, 0.15) is 0 Å². The van der Waals surface area contributed by atoms with E-state index in [1.807, 2.05) is 6.07 Å². The predicted octanol–water partition coefficient (Wildman–Crippen LogP) is 2.75. The topological polar surface area (TPSA) is 78.6 Å². The van der Waals surface area contributed by atoms with Crippen LogP contribution in [0.1, 0.15) is 42.9 Å². The molecule has 3 rings (SSSR count). The van der Waals surface area contributed by atoms with Gasteiger partial charge >= 0.3 is 5.69 Å². The Balaban J connectivity index is 2.02. The van der Waals surface area contributed by atoms with Crippen LogP contribution >= 0.6 is 0 Å². The van der Waals surface area contributed by atoms with Crippen molar-refractivity contribution in [2.45, 2.75) is 38.6 Å². The van der Waals surface area contributed by atoms with Crippen LogP contribution in [0.25, 0.3) is 0 Å². The fourth-order valence-electron chi connectivity index (χ4n) is 4.15. The van der Waals surface area contributed by atoms with E-state index < -0.39 is 4.92 Å². The van der Waals surface area contributed by atoms with Gasteiger partial charge in [0.25, 0.3) is 0 Å². The number of aryl methyl sites for hydroxylation is 1. The normalized spacial score (nSPS) is 21.4. The number of nitrogens with one attached hydrogen (secondary N) is 1. The van der Waals surface area contributed by atoms with Gasteiger partial charge in [-0.3, -0.25) is 15.0 Å². The summed E-state index contributed by atoms with van der Waals surface area (Å²) >= 11 is 0. The van der Waals surface area contributed by atoms with E-state index in [-0.39, 0.29) is 17.5 Å². The SMILES string of the molecule is Cc1ccc([C@@H](C2CCCC2)N2CCNCC2)c(O)c1[N+](=O)[O-]. The summed E-state index contributed by atoms with van der Waals surface area (Å²) in [6.07, 6.45) is 4.69. The molecule has 1 heterocycles. The zero-order valence-corrected chi connectivity index (χ0v) is 13.6. The highest BCUT2D eigenvalue weighted by Crippen LogP contribution is 2.45. The average Bonchev–Trinajstić information content (AvgIpc) is 3.05. The number of nitro benzene ring substituents is 1. The van der Waals surface area contributed by atoms with Crippen molar-refractivity contribution in [3.05, 3.63) is 33.4 Å². The van der Waals surface area contributed by atoms with Crippen molar-refractivity contribution in [1.29, 1.82) is 0 Å². The van der Waals surface area contributed by atoms with E-state index in [1.165, 1.54) is 12.8 Å². The van der Waals surface area contributed by atoms with Crippen molar-refractivity contribution in [2.24, 2.45) is 5.92 Å². The molecule has 6 nitrogen and oxygen atoms in total. The molecule has 1 saturated carbocycles. The van der Waals surface area contributed by atoms with Crippen LogP contribution in [0.3, 0.4) is 0 Å². The summed E-state index contributed by atoms with van der Waals surface area (Å²) < 4.78 is 0. The van der Waals surface area contributed by atoms with Gasteiger partial charge in [0, 0.05) is 43.3 Å². The molecule has 0 unspecified atom stereocenters. The molecule has 2 aliphatic rings. The minimum absolute atomic E-state index is 0.0823. The molecule has 1 aliphatic carbocycles. The summed E-state index contributed by atoms with van der Waals surface area (Å²) in [5.41, 5.74) is 1.11. The molecule has 2 N–H and O–H groups in total. The maximum Gasteiger partial charge on any atom is 0.313 e. The van der Waals surface area contributed by atoms with Crippen LogP contribution in [0.2, 0.25) is 0 Å². The Bertz CT molecular complexity index is 579. The Hall–Kier alpha value is -1.66. The van der Waals surface area contributed by atoms with Crippen molar-refractivity contribution in [3.63, 3.8) is 0 Å². The van der Waals surface area contributed by atoms with Gasteiger partial charge in [0.2, 0.25) is 0 Å². The van der Waals surface area contributed by atoms with E-state index >= 15 is 0 Å². The Labute approximate surface area is 136 Å². The molecule has 0 radical (unpaired) electrons. The number of rotatable bonds is 4. The summed E-state index contributed by atoms with van der Waals surface area (Å²) in [6.45, 7) is 5.37. The standard InChI is InChI=1S/C17H25N3O3/c1-12-6-7-14(17(21)15(12)20(22)23)16(13-4-2-3-5-13)19-10-8-18-9-11-19/h6-7,13,16,18,21H,2-5,8-11H2,1H3/t16-/m1/s1. The van der Waals surface area contributed by atoms with Crippen LogP contribution in [-0.2, 0) is 0 Å². The summed E-state index contributed by atoms with van der Waals surface area (Å²) in [5.74, 6) is 0.340. The minimum Gasteiger partial charge on any atom is -0.502 e. The summed E-state index contributed by atoms with van der Waals surface area (Å²) in [6, 6.07) is 3.75. The number of nitrogens with zero attached hydrogens (tertiary/aromatic N) is 2. The fraction of sp³-hybridized carbons (Fsp3) is 0.647. The monoisotopic (exact) mass is 319 g/mol. The van der Waals surface area contributed by atoms with Crippen LogP contribution in [0.4, 0.5) is 5.69 Å². The van der Waals surface area contributed by atoms with Gasteiger partial charge in [-0.1, -0.05) is 25.0 Å². The van der Waals surface area contributed by atoms with Crippen LogP contribution in [-0.4, -0.2) is 41.1 Å². The van der Waals surface area contributed by atoms with Gasteiger partial charge in [-0.2, -0.15) is 0 Å². The predicted molar refractivity (Wildman–Crippen MR) is 88.6 cm³/mol. The smallest absolute Gasteiger partial charge is 0.313 e. The quantitative estimate of drug-likeness (QED) is 0.659. The molecule has 1 saturated heterocycles. The maximum atomic E-state index is 11.3. The summed E-state index contributed by atoms with van der Waals surface area (Å²) in [4.78, 5) is 13.3. The second-order valence-electron chi connectivity index (χ2n) is 6.70. The average molecular weight is 319 g/mol. The van der Waals surface area contributed by atoms with Crippen molar-refractivity contribution < 1.29 is 10.0 Å². The maximum absolute atomic E-state index is 11.3. The molecular weight excluding hydrogens is 294 g/mol. The van der Waals surface area contributed by atoms with E-state index in [2.05, 4.69) is 10.2 Å². The number of hydrogen-bond acceptors (Lipinski definition) is 5. The third-order valence-electron chi connectivity index (χ3n) is 5.28. The molecule has 1 aromatic rings. The molecule has 1 aromatic carbocycles. The third kappa shape index (κ3) is 3.19. The van der Waals surface area contributed by atoms with E-state index in [0.29, 0.717) is 11.5 Å². The first-order chi connectivity index (χ1) is 11.1. The second-order valence-corrected chi connectivity index (χ2v) is 6.70. The molecule has 23 heavy (non-hydrogen) atoms. The lowest BCUT2D eigenvalue weighted by molar-refractivity contribution is -0.386. The van der Waals surface area contributed by atoms with Gasteiger partial charge in [-0.05, 0) is 25.7 Å². The van der Waals surface area contributed by atoms with Gasteiger partial charge in [-0.15, -0.1) is 0 Å². The second kappa shape index (κ2) is 6.84. The number of piperazine rings is 1. The van der Waals surface area contributed by atoms with Crippen LogP contribution in [0.15, 0.2) is 12.1 Å². The van der Waals surface area contributed by atoms with E-state index in [9.17, 15) is 15.2 Å². The van der Waals surface area contributed by atoms with Crippen LogP contribution in [0, 0.1) is 23.0 Å². The Morgan fingerprint density at radius 1 is 1.30 bits per heavy atom. The number of phenolic OH excluding ortho intramolecular Hbond substituents is 1. The molecule has 6 heteroatoms. The first kappa shape index (κ1) is 16.2. The molecule has 0 spiro atoms. The number of phenols is 1. The molecule has 0 bridgehead atoms. The molecule has 1 aliphatic heterocycles. The van der Waals surface area contributed by atoms with E-state index in [4.69, 9.17) is 0 Å². The highest BCUT2D eigenvalue weighted by molar-refractivity contribution is 5.57.